The van der Waals surface area contributed by atoms with Crippen LogP contribution in [0.25, 0.3) is 0 Å². The third-order valence-corrected chi connectivity index (χ3v) is 2.87. The normalized spacial score (nSPS) is 16.9. The summed E-state index contributed by atoms with van der Waals surface area (Å²) in [5.41, 5.74) is 8.36. The minimum absolute atomic E-state index is 0.639. The Morgan fingerprint density at radius 3 is 2.60 bits per heavy atom. The van der Waals surface area contributed by atoms with Gasteiger partial charge in [0.2, 0.25) is 0 Å². The molecule has 80 valence electrons. The summed E-state index contributed by atoms with van der Waals surface area (Å²) >= 11 is 0. The molecule has 1 heterocycles. The molecule has 2 N–H and O–H groups in total. The largest absolute Gasteiger partial charge is 0.326 e. The lowest BCUT2D eigenvalue weighted by atomic mass is 10.1. The lowest BCUT2D eigenvalue weighted by Crippen LogP contribution is -2.27. The van der Waals surface area contributed by atoms with Crippen molar-refractivity contribution < 1.29 is 0 Å². The summed E-state index contributed by atoms with van der Waals surface area (Å²) in [5, 5.41) is 0. The second kappa shape index (κ2) is 5.10. The van der Waals surface area contributed by atoms with E-state index in [0.29, 0.717) is 6.54 Å². The van der Waals surface area contributed by atoms with Crippen molar-refractivity contribution >= 4 is 0 Å². The van der Waals surface area contributed by atoms with E-state index in [9.17, 15) is 0 Å². The van der Waals surface area contributed by atoms with E-state index < -0.39 is 0 Å². The maximum absolute atomic E-state index is 5.72. The van der Waals surface area contributed by atoms with Gasteiger partial charge in [0.05, 0.1) is 0 Å². The summed E-state index contributed by atoms with van der Waals surface area (Å²) in [5.74, 6) is 0. The quantitative estimate of drug-likeness (QED) is 0.759. The smallest absolute Gasteiger partial charge is 0.0240 e. The molecule has 15 heavy (non-hydrogen) atoms. The molecule has 0 fully saturated rings. The van der Waals surface area contributed by atoms with Crippen LogP contribution in [-0.4, -0.2) is 18.0 Å². The van der Waals surface area contributed by atoms with E-state index >= 15 is 0 Å². The highest BCUT2D eigenvalue weighted by molar-refractivity contribution is 5.26. The summed E-state index contributed by atoms with van der Waals surface area (Å²) in [4.78, 5) is 2.45. The van der Waals surface area contributed by atoms with Crippen LogP contribution in [0.3, 0.4) is 0 Å². The van der Waals surface area contributed by atoms with Gasteiger partial charge in [-0.05, 0) is 17.5 Å². The van der Waals surface area contributed by atoms with Crippen LogP contribution in [-0.2, 0) is 13.1 Å². The first-order valence-corrected chi connectivity index (χ1v) is 5.54. The van der Waals surface area contributed by atoms with E-state index in [1.54, 1.807) is 0 Å². The first-order valence-electron chi connectivity index (χ1n) is 5.54. The van der Waals surface area contributed by atoms with Crippen molar-refractivity contribution in [2.75, 3.05) is 13.1 Å². The van der Waals surface area contributed by atoms with Gasteiger partial charge >= 0.3 is 0 Å². The van der Waals surface area contributed by atoms with E-state index in [4.69, 9.17) is 5.73 Å². The van der Waals surface area contributed by atoms with Gasteiger partial charge in [-0.2, -0.15) is 0 Å². The van der Waals surface area contributed by atoms with Crippen molar-refractivity contribution in [2.24, 2.45) is 5.73 Å². The Balaban J connectivity index is 2.06. The van der Waals surface area contributed by atoms with Gasteiger partial charge in [0.1, 0.15) is 0 Å². The SMILES string of the molecule is NCc1ccccc1CN1CC=CCC1. The molecule has 0 saturated heterocycles. The molecular formula is C13H18N2. The second-order valence-corrected chi connectivity index (χ2v) is 3.97. The number of benzene rings is 1. The number of nitrogens with two attached hydrogens (primary N) is 1. The fourth-order valence-corrected chi connectivity index (χ4v) is 1.99. The number of hydrogen-bond donors (Lipinski definition) is 1. The van der Waals surface area contributed by atoms with Crippen LogP contribution in [0.15, 0.2) is 36.4 Å². The second-order valence-electron chi connectivity index (χ2n) is 3.97. The van der Waals surface area contributed by atoms with E-state index in [2.05, 4.69) is 41.3 Å². The summed E-state index contributed by atoms with van der Waals surface area (Å²) in [6.07, 6.45) is 5.67. The van der Waals surface area contributed by atoms with Crippen molar-refractivity contribution in [3.8, 4) is 0 Å². The Kier molecular flexibility index (Phi) is 3.54. The molecule has 1 aliphatic rings. The lowest BCUT2D eigenvalue weighted by molar-refractivity contribution is 0.290. The average molecular weight is 202 g/mol. The molecule has 0 amide bonds. The highest BCUT2D eigenvalue weighted by Crippen LogP contribution is 2.13. The van der Waals surface area contributed by atoms with Crippen LogP contribution in [0.1, 0.15) is 17.5 Å². The summed E-state index contributed by atoms with van der Waals surface area (Å²) < 4.78 is 0. The molecule has 0 atom stereocenters. The van der Waals surface area contributed by atoms with Gasteiger partial charge in [-0.3, -0.25) is 4.90 Å². The van der Waals surface area contributed by atoms with Crippen LogP contribution < -0.4 is 5.73 Å². The monoisotopic (exact) mass is 202 g/mol. The van der Waals surface area contributed by atoms with E-state index in [1.807, 2.05) is 0 Å². The van der Waals surface area contributed by atoms with Crippen LogP contribution in [0, 0.1) is 0 Å². The molecule has 2 heteroatoms. The molecule has 0 saturated carbocycles. The van der Waals surface area contributed by atoms with E-state index in [-0.39, 0.29) is 0 Å². The molecule has 2 nitrogen and oxygen atoms in total. The minimum Gasteiger partial charge on any atom is -0.326 e. The Morgan fingerprint density at radius 2 is 1.93 bits per heavy atom. The molecule has 1 aromatic rings. The van der Waals surface area contributed by atoms with Crippen LogP contribution >= 0.6 is 0 Å². The average Bonchev–Trinajstić information content (AvgIpc) is 2.31. The van der Waals surface area contributed by atoms with Crippen LogP contribution in [0.2, 0.25) is 0 Å². The van der Waals surface area contributed by atoms with Crippen molar-refractivity contribution in [1.29, 1.82) is 0 Å². The molecule has 1 aromatic carbocycles. The van der Waals surface area contributed by atoms with Crippen LogP contribution in [0.4, 0.5) is 0 Å². The van der Waals surface area contributed by atoms with Gasteiger partial charge in [-0.15, -0.1) is 0 Å². The maximum Gasteiger partial charge on any atom is 0.0240 e. The molecule has 1 aliphatic heterocycles. The predicted molar refractivity (Wildman–Crippen MR) is 63.4 cm³/mol. The Labute approximate surface area is 91.4 Å². The van der Waals surface area contributed by atoms with Gasteiger partial charge in [-0.25, -0.2) is 0 Å². The zero-order valence-corrected chi connectivity index (χ0v) is 9.02. The van der Waals surface area contributed by atoms with Crippen molar-refractivity contribution in [3.05, 3.63) is 47.5 Å². The lowest BCUT2D eigenvalue weighted by Gasteiger charge is -2.24. The first kappa shape index (κ1) is 10.4. The summed E-state index contributed by atoms with van der Waals surface area (Å²) in [7, 11) is 0. The minimum atomic E-state index is 0.639. The zero-order valence-electron chi connectivity index (χ0n) is 9.02. The number of hydrogen-bond acceptors (Lipinski definition) is 2. The van der Waals surface area contributed by atoms with Gasteiger partial charge in [0, 0.05) is 26.2 Å². The predicted octanol–water partition coefficient (Wildman–Crippen LogP) is 1.91. The first-order chi connectivity index (χ1) is 7.40. The number of rotatable bonds is 3. The maximum atomic E-state index is 5.72. The van der Waals surface area contributed by atoms with Crippen LogP contribution in [0.5, 0.6) is 0 Å². The molecule has 0 aliphatic carbocycles. The summed E-state index contributed by atoms with van der Waals surface area (Å²) in [6.45, 7) is 3.89. The fourth-order valence-electron chi connectivity index (χ4n) is 1.99. The van der Waals surface area contributed by atoms with Gasteiger partial charge < -0.3 is 5.73 Å². The molecular weight excluding hydrogens is 184 g/mol. The molecule has 0 radical (unpaired) electrons. The fraction of sp³-hybridized carbons (Fsp3) is 0.385. The summed E-state index contributed by atoms with van der Waals surface area (Å²) in [6, 6.07) is 8.45. The van der Waals surface area contributed by atoms with E-state index in [1.165, 1.54) is 17.5 Å². The van der Waals surface area contributed by atoms with Crippen molar-refractivity contribution in [1.82, 2.24) is 4.90 Å². The Morgan fingerprint density at radius 1 is 1.13 bits per heavy atom. The molecule has 2 rings (SSSR count). The third-order valence-electron chi connectivity index (χ3n) is 2.87. The molecule has 0 unspecified atom stereocenters. The third kappa shape index (κ3) is 2.67. The Bertz CT molecular complexity index is 344. The standard InChI is InChI=1S/C13H18N2/c14-10-12-6-2-3-7-13(12)11-15-8-4-1-5-9-15/h1-4,6-7H,5,8-11,14H2. The van der Waals surface area contributed by atoms with Gasteiger partial charge in [0.25, 0.3) is 0 Å². The molecule has 0 bridgehead atoms. The Hall–Kier alpha value is -1.12. The molecule has 0 spiro atoms. The van der Waals surface area contributed by atoms with Gasteiger partial charge in [-0.1, -0.05) is 36.4 Å². The van der Waals surface area contributed by atoms with E-state index in [0.717, 1.165) is 19.6 Å². The number of nitrogens with zero attached hydrogens (tertiary/aromatic N) is 1. The van der Waals surface area contributed by atoms with Crippen molar-refractivity contribution in [2.45, 2.75) is 19.5 Å². The molecule has 0 aromatic heterocycles. The van der Waals surface area contributed by atoms with Gasteiger partial charge in [0.15, 0.2) is 0 Å². The topological polar surface area (TPSA) is 29.3 Å². The highest BCUT2D eigenvalue weighted by Gasteiger charge is 2.08. The van der Waals surface area contributed by atoms with Crippen molar-refractivity contribution in [3.63, 3.8) is 0 Å². The highest BCUT2D eigenvalue weighted by atomic mass is 15.1. The zero-order chi connectivity index (χ0) is 10.5.